The van der Waals surface area contributed by atoms with Gasteiger partial charge in [-0.1, -0.05) is 25.1 Å². The second-order valence-electron chi connectivity index (χ2n) is 7.66. The number of aromatic nitrogens is 5. The second-order valence-corrected chi connectivity index (χ2v) is 7.66. The zero-order valence-electron chi connectivity index (χ0n) is 18.8. The van der Waals surface area contributed by atoms with Crippen molar-refractivity contribution in [2.24, 2.45) is 12.1 Å². The molecule has 0 fully saturated rings. The lowest BCUT2D eigenvalue weighted by atomic mass is 10.2. The van der Waals surface area contributed by atoms with Gasteiger partial charge in [-0.3, -0.25) is 19.3 Å². The quantitative estimate of drug-likeness (QED) is 0.251. The first-order chi connectivity index (χ1) is 16.5. The Morgan fingerprint density at radius 1 is 1.29 bits per heavy atom. The molecule has 4 rings (SSSR count). The molecule has 34 heavy (non-hydrogen) atoms. The molecule has 0 saturated carbocycles. The van der Waals surface area contributed by atoms with E-state index in [1.807, 2.05) is 37.3 Å². The van der Waals surface area contributed by atoms with Crippen molar-refractivity contribution in [2.75, 3.05) is 12.0 Å². The molecule has 0 unspecified atom stereocenters. The summed E-state index contributed by atoms with van der Waals surface area (Å²) in [6.07, 6.45) is 4.73. The van der Waals surface area contributed by atoms with E-state index in [0.717, 1.165) is 17.5 Å². The standard InChI is InChI=1S/C23H25N7O4/c1-3-15-6-4-8-18(10-15)34-14-17(31)13-30-19-20(29(2)23(33)27-21(19)32)26-22(30)28-25-12-16-7-5-9-24-11-16/h4-12,17,31H,3,13-14H2,1-2H3,(H,26,28)(H,27,32,33)/t17-/m1/s1. The molecule has 3 N–H and O–H groups in total. The van der Waals surface area contributed by atoms with Gasteiger partial charge in [0.1, 0.15) is 18.5 Å². The third-order valence-corrected chi connectivity index (χ3v) is 5.21. The van der Waals surface area contributed by atoms with E-state index in [1.165, 1.54) is 16.2 Å². The minimum Gasteiger partial charge on any atom is -0.491 e. The van der Waals surface area contributed by atoms with Gasteiger partial charge in [0, 0.05) is 25.0 Å². The van der Waals surface area contributed by atoms with Crippen molar-refractivity contribution in [1.82, 2.24) is 24.1 Å². The molecule has 0 saturated heterocycles. The lowest BCUT2D eigenvalue weighted by Gasteiger charge is -2.15. The number of rotatable bonds is 9. The fraction of sp³-hybridized carbons (Fsp3) is 0.261. The number of imidazole rings is 1. The molecule has 3 aromatic heterocycles. The van der Waals surface area contributed by atoms with Crippen molar-refractivity contribution in [2.45, 2.75) is 26.0 Å². The van der Waals surface area contributed by atoms with Crippen LogP contribution in [0.3, 0.4) is 0 Å². The Balaban J connectivity index is 1.60. The number of aliphatic hydroxyl groups excluding tert-OH is 1. The number of benzene rings is 1. The molecular formula is C23H25N7O4. The number of pyridine rings is 1. The van der Waals surface area contributed by atoms with E-state index in [0.29, 0.717) is 5.75 Å². The Morgan fingerprint density at radius 3 is 2.91 bits per heavy atom. The maximum atomic E-state index is 12.6. The van der Waals surface area contributed by atoms with Crippen molar-refractivity contribution < 1.29 is 9.84 Å². The number of anilines is 1. The fourth-order valence-corrected chi connectivity index (χ4v) is 3.43. The number of nitrogens with zero attached hydrogens (tertiary/aromatic N) is 5. The van der Waals surface area contributed by atoms with Crippen LogP contribution in [0.5, 0.6) is 5.75 Å². The number of fused-ring (bicyclic) bond motifs is 1. The fourth-order valence-electron chi connectivity index (χ4n) is 3.43. The SMILES string of the molecule is CCc1cccc(OC[C@H](O)Cn2c(NN=Cc3cccnc3)nc3c2c(=O)[nH]c(=O)n3C)c1. The van der Waals surface area contributed by atoms with Gasteiger partial charge in [-0.05, 0) is 30.2 Å². The third-order valence-electron chi connectivity index (χ3n) is 5.21. The molecule has 11 nitrogen and oxygen atoms in total. The Kier molecular flexibility index (Phi) is 6.83. The Morgan fingerprint density at radius 2 is 2.15 bits per heavy atom. The lowest BCUT2D eigenvalue weighted by molar-refractivity contribution is 0.0938. The van der Waals surface area contributed by atoms with Gasteiger partial charge in [-0.25, -0.2) is 10.2 Å². The van der Waals surface area contributed by atoms with Crippen LogP contribution in [0.4, 0.5) is 5.95 Å². The second kappa shape index (κ2) is 10.1. The Bertz CT molecular complexity index is 1420. The first-order valence-electron chi connectivity index (χ1n) is 10.7. The normalized spacial score (nSPS) is 12.3. The summed E-state index contributed by atoms with van der Waals surface area (Å²) in [6.45, 7) is 2.03. The number of aromatic amines is 1. The molecule has 0 aliphatic carbocycles. The van der Waals surface area contributed by atoms with Crippen LogP contribution < -0.4 is 21.4 Å². The number of aliphatic hydroxyl groups is 1. The van der Waals surface area contributed by atoms with Gasteiger partial charge in [-0.15, -0.1) is 0 Å². The average Bonchev–Trinajstić information content (AvgIpc) is 3.20. The maximum Gasteiger partial charge on any atom is 0.329 e. The zero-order valence-corrected chi connectivity index (χ0v) is 18.8. The highest BCUT2D eigenvalue weighted by molar-refractivity contribution is 5.80. The minimum atomic E-state index is -0.970. The molecule has 0 aliphatic rings. The van der Waals surface area contributed by atoms with Gasteiger partial charge in [0.05, 0.1) is 12.8 Å². The van der Waals surface area contributed by atoms with Crippen molar-refractivity contribution in [3.63, 3.8) is 0 Å². The summed E-state index contributed by atoms with van der Waals surface area (Å²) in [7, 11) is 1.50. The van der Waals surface area contributed by atoms with Crippen LogP contribution in [0.25, 0.3) is 11.2 Å². The van der Waals surface area contributed by atoms with Crippen molar-refractivity contribution >= 4 is 23.3 Å². The van der Waals surface area contributed by atoms with Gasteiger partial charge >= 0.3 is 5.69 Å². The summed E-state index contributed by atoms with van der Waals surface area (Å²) in [6, 6.07) is 11.2. The van der Waals surface area contributed by atoms with Crippen LogP contribution in [0.1, 0.15) is 18.1 Å². The van der Waals surface area contributed by atoms with Crippen LogP contribution in [-0.4, -0.2) is 48.1 Å². The van der Waals surface area contributed by atoms with Crippen LogP contribution in [0.2, 0.25) is 0 Å². The number of aryl methyl sites for hydroxylation is 2. The van der Waals surface area contributed by atoms with E-state index in [9.17, 15) is 14.7 Å². The molecule has 11 heteroatoms. The highest BCUT2D eigenvalue weighted by Crippen LogP contribution is 2.18. The Labute approximate surface area is 194 Å². The van der Waals surface area contributed by atoms with E-state index >= 15 is 0 Å². The van der Waals surface area contributed by atoms with Crippen LogP contribution in [0.15, 0.2) is 63.5 Å². The largest absolute Gasteiger partial charge is 0.491 e. The molecule has 0 bridgehead atoms. The molecular weight excluding hydrogens is 438 g/mol. The third kappa shape index (κ3) is 5.04. The van der Waals surface area contributed by atoms with Gasteiger partial charge < -0.3 is 14.4 Å². The predicted molar refractivity (Wildman–Crippen MR) is 128 cm³/mol. The number of hydrogen-bond acceptors (Lipinski definition) is 8. The number of ether oxygens (including phenoxy) is 1. The van der Waals surface area contributed by atoms with Gasteiger partial charge in [0.15, 0.2) is 11.2 Å². The zero-order chi connectivity index (χ0) is 24.1. The smallest absolute Gasteiger partial charge is 0.329 e. The van der Waals surface area contributed by atoms with Crippen molar-refractivity contribution in [3.8, 4) is 5.75 Å². The number of hydrazone groups is 1. The number of H-pyrrole nitrogens is 1. The van der Waals surface area contributed by atoms with Gasteiger partial charge in [-0.2, -0.15) is 10.1 Å². The summed E-state index contributed by atoms with van der Waals surface area (Å²) < 4.78 is 8.44. The maximum absolute atomic E-state index is 12.6. The summed E-state index contributed by atoms with van der Waals surface area (Å²) in [4.78, 5) is 35.3. The van der Waals surface area contributed by atoms with Crippen molar-refractivity contribution in [3.05, 3.63) is 80.8 Å². The van der Waals surface area contributed by atoms with E-state index < -0.39 is 17.4 Å². The van der Waals surface area contributed by atoms with Crippen LogP contribution >= 0.6 is 0 Å². The van der Waals surface area contributed by atoms with E-state index in [4.69, 9.17) is 4.74 Å². The van der Waals surface area contributed by atoms with E-state index in [2.05, 4.69) is 25.5 Å². The highest BCUT2D eigenvalue weighted by Gasteiger charge is 2.20. The number of hydrogen-bond donors (Lipinski definition) is 3. The Hall–Kier alpha value is -4.25. The first-order valence-corrected chi connectivity index (χ1v) is 10.7. The summed E-state index contributed by atoms with van der Waals surface area (Å²) in [5.41, 5.74) is 3.76. The average molecular weight is 463 g/mol. The topological polar surface area (TPSA) is 139 Å². The summed E-state index contributed by atoms with van der Waals surface area (Å²) in [5, 5.41) is 14.8. The molecule has 0 radical (unpaired) electrons. The lowest BCUT2D eigenvalue weighted by Crippen LogP contribution is -2.30. The molecule has 176 valence electrons. The first kappa shape index (κ1) is 22.9. The monoisotopic (exact) mass is 463 g/mol. The predicted octanol–water partition coefficient (Wildman–Crippen LogP) is 1.27. The summed E-state index contributed by atoms with van der Waals surface area (Å²) in [5.74, 6) is 0.836. The highest BCUT2D eigenvalue weighted by atomic mass is 16.5. The molecule has 3 heterocycles. The molecule has 1 atom stereocenters. The molecule has 4 aromatic rings. The van der Waals surface area contributed by atoms with Crippen LogP contribution in [-0.2, 0) is 20.0 Å². The minimum absolute atomic E-state index is 0.00506. The summed E-state index contributed by atoms with van der Waals surface area (Å²) >= 11 is 0. The van der Waals surface area contributed by atoms with Crippen molar-refractivity contribution in [1.29, 1.82) is 0 Å². The molecule has 0 amide bonds. The van der Waals surface area contributed by atoms with E-state index in [1.54, 1.807) is 24.7 Å². The number of nitrogens with one attached hydrogen (secondary N) is 2. The van der Waals surface area contributed by atoms with Crippen LogP contribution in [0, 0.1) is 0 Å². The molecule has 0 aliphatic heterocycles. The van der Waals surface area contributed by atoms with Gasteiger partial charge in [0.2, 0.25) is 5.95 Å². The van der Waals surface area contributed by atoms with E-state index in [-0.39, 0.29) is 30.3 Å². The van der Waals surface area contributed by atoms with Gasteiger partial charge in [0.25, 0.3) is 5.56 Å². The molecule has 1 aromatic carbocycles. The molecule has 0 spiro atoms.